The monoisotopic (exact) mass is 189 g/mol. The van der Waals surface area contributed by atoms with Crippen molar-refractivity contribution in [2.45, 2.75) is 65.1 Å². The summed E-state index contributed by atoms with van der Waals surface area (Å²) in [6.45, 7) is 9.68. The van der Waals surface area contributed by atoms with E-state index in [4.69, 9.17) is 0 Å². The Morgan fingerprint density at radius 3 is 2.08 bits per heavy atom. The van der Waals surface area contributed by atoms with Gasteiger partial charge in [-0.2, -0.15) is 5.06 Å². The third-order valence-electron chi connectivity index (χ3n) is 2.32. The quantitative estimate of drug-likeness (QED) is 0.650. The Bertz CT molecular complexity index is 146. The van der Waals surface area contributed by atoms with Crippen LogP contribution in [-0.2, 0) is 0 Å². The van der Waals surface area contributed by atoms with E-state index < -0.39 is 0 Å². The van der Waals surface area contributed by atoms with Crippen LogP contribution in [0, 0.1) is 0 Å². The van der Waals surface area contributed by atoms with Gasteiger partial charge in [-0.05, 0) is 40.5 Å². The molecule has 0 heterocycles. The lowest BCUT2D eigenvalue weighted by atomic mass is 9.94. The van der Waals surface area contributed by atoms with Crippen molar-refractivity contribution in [3.63, 3.8) is 0 Å². The molecule has 3 heteroatoms. The molecule has 0 aromatic carbocycles. The number of hydroxylamine groups is 2. The van der Waals surface area contributed by atoms with Crippen molar-refractivity contribution in [1.82, 2.24) is 5.06 Å². The lowest BCUT2D eigenvalue weighted by molar-refractivity contribution is -0.193. The Balaban J connectivity index is 4.21. The second-order valence-electron chi connectivity index (χ2n) is 4.52. The summed E-state index contributed by atoms with van der Waals surface area (Å²) in [5.74, 6) is 0. The molecule has 1 atom stereocenters. The molecule has 0 saturated carbocycles. The van der Waals surface area contributed by atoms with E-state index in [1.807, 2.05) is 34.6 Å². The molecule has 0 radical (unpaired) electrons. The molecule has 1 unspecified atom stereocenters. The zero-order valence-electron chi connectivity index (χ0n) is 9.41. The Kier molecular flexibility index (Phi) is 4.89. The van der Waals surface area contributed by atoms with Gasteiger partial charge in [0.2, 0.25) is 0 Å². The summed E-state index contributed by atoms with van der Waals surface area (Å²) in [6.07, 6.45) is 0.997. The highest BCUT2D eigenvalue weighted by molar-refractivity contribution is 4.80. The fourth-order valence-corrected chi connectivity index (χ4v) is 1.51. The largest absolute Gasteiger partial charge is 0.393 e. The predicted octanol–water partition coefficient (Wildman–Crippen LogP) is 2.03. The van der Waals surface area contributed by atoms with Crippen molar-refractivity contribution < 1.29 is 10.3 Å². The Morgan fingerprint density at radius 1 is 1.31 bits per heavy atom. The molecule has 0 aliphatic carbocycles. The van der Waals surface area contributed by atoms with Crippen LogP contribution < -0.4 is 0 Å². The Hall–Kier alpha value is -0.120. The van der Waals surface area contributed by atoms with Crippen LogP contribution in [0.25, 0.3) is 0 Å². The van der Waals surface area contributed by atoms with Crippen LogP contribution in [0.3, 0.4) is 0 Å². The van der Waals surface area contributed by atoms with Crippen molar-refractivity contribution in [3.05, 3.63) is 0 Å². The van der Waals surface area contributed by atoms with Gasteiger partial charge in [0.05, 0.1) is 6.10 Å². The normalized spacial score (nSPS) is 15.5. The van der Waals surface area contributed by atoms with E-state index in [0.29, 0.717) is 6.42 Å². The third kappa shape index (κ3) is 4.07. The van der Waals surface area contributed by atoms with Crippen molar-refractivity contribution in [1.29, 1.82) is 0 Å². The molecular formula is C10H23NO2. The SMILES string of the molecule is CCC(O)CC(C)(C)N(O)C(C)C. The first-order chi connectivity index (χ1) is 5.81. The molecule has 13 heavy (non-hydrogen) atoms. The van der Waals surface area contributed by atoms with E-state index in [0.717, 1.165) is 6.42 Å². The maximum Gasteiger partial charge on any atom is 0.0556 e. The van der Waals surface area contributed by atoms with Crippen LogP contribution in [0.4, 0.5) is 0 Å². The van der Waals surface area contributed by atoms with Crippen LogP contribution in [0.5, 0.6) is 0 Å². The fourth-order valence-electron chi connectivity index (χ4n) is 1.51. The summed E-state index contributed by atoms with van der Waals surface area (Å²) in [6, 6.07) is 0.0825. The zero-order chi connectivity index (χ0) is 10.6. The van der Waals surface area contributed by atoms with Gasteiger partial charge in [0, 0.05) is 11.6 Å². The first-order valence-electron chi connectivity index (χ1n) is 4.97. The van der Waals surface area contributed by atoms with Gasteiger partial charge in [-0.15, -0.1) is 0 Å². The topological polar surface area (TPSA) is 43.7 Å². The van der Waals surface area contributed by atoms with Gasteiger partial charge in [0.1, 0.15) is 0 Å². The molecule has 0 rings (SSSR count). The molecule has 0 aromatic heterocycles. The highest BCUT2D eigenvalue weighted by atomic mass is 16.5. The van der Waals surface area contributed by atoms with E-state index in [2.05, 4.69) is 0 Å². The summed E-state index contributed by atoms with van der Waals surface area (Å²) in [4.78, 5) is 0. The molecule has 0 aromatic rings. The standard InChI is InChI=1S/C10H23NO2/c1-6-9(12)7-10(4,5)11(13)8(2)3/h8-9,12-13H,6-7H2,1-5H3. The minimum absolute atomic E-state index is 0.0825. The van der Waals surface area contributed by atoms with Gasteiger partial charge in [0.15, 0.2) is 0 Å². The smallest absolute Gasteiger partial charge is 0.0556 e. The van der Waals surface area contributed by atoms with Gasteiger partial charge in [-0.3, -0.25) is 0 Å². The Morgan fingerprint density at radius 2 is 1.77 bits per heavy atom. The van der Waals surface area contributed by atoms with Crippen LogP contribution in [0.1, 0.15) is 47.5 Å². The van der Waals surface area contributed by atoms with Gasteiger partial charge in [-0.1, -0.05) is 6.92 Å². The third-order valence-corrected chi connectivity index (χ3v) is 2.32. The van der Waals surface area contributed by atoms with E-state index in [-0.39, 0.29) is 17.7 Å². The number of hydrogen-bond acceptors (Lipinski definition) is 3. The molecule has 0 aliphatic heterocycles. The first-order valence-corrected chi connectivity index (χ1v) is 4.97. The highest BCUT2D eigenvalue weighted by Crippen LogP contribution is 2.22. The molecule has 0 bridgehead atoms. The van der Waals surface area contributed by atoms with Gasteiger partial charge >= 0.3 is 0 Å². The Labute approximate surface area is 81.3 Å². The minimum Gasteiger partial charge on any atom is -0.393 e. The van der Waals surface area contributed by atoms with Crippen molar-refractivity contribution >= 4 is 0 Å². The second-order valence-corrected chi connectivity index (χ2v) is 4.52. The number of nitrogens with zero attached hydrogens (tertiary/aromatic N) is 1. The summed E-state index contributed by atoms with van der Waals surface area (Å²) >= 11 is 0. The molecule has 3 nitrogen and oxygen atoms in total. The first kappa shape index (κ1) is 12.9. The van der Waals surface area contributed by atoms with Crippen LogP contribution in [0.15, 0.2) is 0 Å². The number of rotatable bonds is 5. The van der Waals surface area contributed by atoms with E-state index in [9.17, 15) is 10.3 Å². The van der Waals surface area contributed by atoms with Gasteiger partial charge < -0.3 is 10.3 Å². The number of aliphatic hydroxyl groups is 1. The molecule has 80 valence electrons. The lowest BCUT2D eigenvalue weighted by Crippen LogP contribution is -2.47. The van der Waals surface area contributed by atoms with Crippen LogP contribution in [0.2, 0.25) is 0 Å². The zero-order valence-corrected chi connectivity index (χ0v) is 9.41. The van der Waals surface area contributed by atoms with E-state index >= 15 is 0 Å². The number of aliphatic hydroxyl groups excluding tert-OH is 1. The van der Waals surface area contributed by atoms with Gasteiger partial charge in [0.25, 0.3) is 0 Å². The lowest BCUT2D eigenvalue weighted by Gasteiger charge is -2.37. The average Bonchev–Trinajstić information content (AvgIpc) is 2.01. The summed E-state index contributed by atoms with van der Waals surface area (Å²) in [7, 11) is 0. The van der Waals surface area contributed by atoms with E-state index in [1.165, 1.54) is 5.06 Å². The summed E-state index contributed by atoms with van der Waals surface area (Å²) < 4.78 is 0. The molecule has 0 fully saturated rings. The molecule has 0 spiro atoms. The van der Waals surface area contributed by atoms with Crippen molar-refractivity contribution in [2.24, 2.45) is 0 Å². The van der Waals surface area contributed by atoms with E-state index in [1.54, 1.807) is 0 Å². The van der Waals surface area contributed by atoms with Crippen molar-refractivity contribution in [2.75, 3.05) is 0 Å². The summed E-state index contributed by atoms with van der Waals surface area (Å²) in [5, 5.41) is 20.5. The average molecular weight is 189 g/mol. The minimum atomic E-state index is -0.358. The molecular weight excluding hydrogens is 166 g/mol. The molecule has 0 saturated heterocycles. The van der Waals surface area contributed by atoms with Crippen molar-refractivity contribution in [3.8, 4) is 0 Å². The van der Waals surface area contributed by atoms with Gasteiger partial charge in [-0.25, -0.2) is 0 Å². The molecule has 0 aliphatic rings. The highest BCUT2D eigenvalue weighted by Gasteiger charge is 2.29. The van der Waals surface area contributed by atoms with Crippen LogP contribution >= 0.6 is 0 Å². The maximum atomic E-state index is 9.72. The molecule has 2 N–H and O–H groups in total. The predicted molar refractivity (Wildman–Crippen MR) is 53.8 cm³/mol. The summed E-state index contributed by atoms with van der Waals surface area (Å²) in [5.41, 5.74) is -0.358. The maximum absolute atomic E-state index is 9.72. The number of hydrogen-bond donors (Lipinski definition) is 2. The fraction of sp³-hybridized carbons (Fsp3) is 1.00. The van der Waals surface area contributed by atoms with Crippen LogP contribution in [-0.4, -0.2) is 33.1 Å². The second kappa shape index (κ2) is 4.94. The molecule has 0 amide bonds.